The minimum atomic E-state index is -0.682. The maximum atomic E-state index is 12.1. The van der Waals surface area contributed by atoms with E-state index in [2.05, 4.69) is 4.98 Å². The van der Waals surface area contributed by atoms with E-state index in [1.807, 2.05) is 0 Å². The summed E-state index contributed by atoms with van der Waals surface area (Å²) in [5, 5.41) is 0. The molecule has 1 amide bonds. The minimum Gasteiger partial charge on any atom is -0.466 e. The fourth-order valence-corrected chi connectivity index (χ4v) is 1.75. The molecule has 0 bridgehead atoms. The highest BCUT2D eigenvalue weighted by Gasteiger charge is 2.23. The van der Waals surface area contributed by atoms with Gasteiger partial charge in [0.2, 0.25) is 5.91 Å². The number of nitrogens with zero attached hydrogens (tertiary/aromatic N) is 2. The zero-order valence-electron chi connectivity index (χ0n) is 12.8. The molecule has 0 N–H and O–H groups in total. The van der Waals surface area contributed by atoms with Crippen molar-refractivity contribution in [3.05, 3.63) is 17.8 Å². The van der Waals surface area contributed by atoms with Crippen LogP contribution in [0.15, 0.2) is 12.3 Å². The highest BCUT2D eigenvalue weighted by Crippen LogP contribution is 2.18. The lowest BCUT2D eigenvalue weighted by Crippen LogP contribution is -2.33. The van der Waals surface area contributed by atoms with E-state index < -0.39 is 24.3 Å². The molecule has 0 aromatic carbocycles. The van der Waals surface area contributed by atoms with Crippen LogP contribution in [0, 0.1) is 0 Å². The van der Waals surface area contributed by atoms with Crippen LogP contribution in [-0.2, 0) is 19.1 Å². The highest BCUT2D eigenvalue weighted by molar-refractivity contribution is 6.35. The van der Waals surface area contributed by atoms with Gasteiger partial charge >= 0.3 is 11.9 Å². The Balaban J connectivity index is 3.05. The van der Waals surface area contributed by atoms with Gasteiger partial charge in [-0.15, -0.1) is 0 Å². The van der Waals surface area contributed by atoms with Crippen molar-refractivity contribution < 1.29 is 23.9 Å². The number of carbonyl (C=O) groups is 3. The summed E-state index contributed by atoms with van der Waals surface area (Å²) in [4.78, 5) is 40.4. The van der Waals surface area contributed by atoms with E-state index in [-0.39, 0.29) is 30.1 Å². The Bertz CT molecular complexity index is 576. The molecule has 0 spiro atoms. The number of anilines is 1. The topological polar surface area (TPSA) is 85.8 Å². The number of carbonyl (C=O) groups excluding carboxylic acids is 3. The van der Waals surface area contributed by atoms with Gasteiger partial charge in [0.1, 0.15) is 14.3 Å². The zero-order chi connectivity index (χ0) is 16.7. The molecular formula is C14H17BN2O5. The van der Waals surface area contributed by atoms with Gasteiger partial charge in [-0.1, -0.05) is 0 Å². The monoisotopic (exact) mass is 304 g/mol. The Labute approximate surface area is 130 Å². The lowest BCUT2D eigenvalue weighted by molar-refractivity contribution is -0.145. The van der Waals surface area contributed by atoms with E-state index in [1.54, 1.807) is 13.8 Å². The van der Waals surface area contributed by atoms with Crippen LogP contribution in [-0.4, -0.2) is 50.9 Å². The second-order valence-electron chi connectivity index (χ2n) is 4.25. The SMILES string of the molecule is [B]c1nccc(N(C)C(=O)CC(=O)OCC)c1C(=O)OCC. The molecular weight excluding hydrogens is 287 g/mol. The number of hydrogen-bond acceptors (Lipinski definition) is 6. The maximum Gasteiger partial charge on any atom is 0.341 e. The summed E-state index contributed by atoms with van der Waals surface area (Å²) in [6.45, 7) is 3.65. The summed E-state index contributed by atoms with van der Waals surface area (Å²) in [6.07, 6.45) is 0.927. The molecule has 0 atom stereocenters. The summed E-state index contributed by atoms with van der Waals surface area (Å²) in [5.74, 6) is -1.85. The first kappa shape index (κ1) is 17.7. The van der Waals surface area contributed by atoms with Crippen LogP contribution in [0.1, 0.15) is 30.6 Å². The van der Waals surface area contributed by atoms with Crippen molar-refractivity contribution >= 4 is 37.0 Å². The number of aromatic nitrogens is 1. The number of pyridine rings is 1. The Morgan fingerprint density at radius 1 is 1.23 bits per heavy atom. The molecule has 0 fully saturated rings. The van der Waals surface area contributed by atoms with E-state index >= 15 is 0 Å². The molecule has 0 aliphatic heterocycles. The summed E-state index contributed by atoms with van der Waals surface area (Å²) in [6, 6.07) is 1.45. The molecule has 1 aromatic rings. The average Bonchev–Trinajstić information content (AvgIpc) is 2.46. The number of hydrogen-bond donors (Lipinski definition) is 0. The first-order chi connectivity index (χ1) is 10.4. The summed E-state index contributed by atoms with van der Waals surface area (Å²) >= 11 is 0. The van der Waals surface area contributed by atoms with Crippen LogP contribution in [0.5, 0.6) is 0 Å². The first-order valence-electron chi connectivity index (χ1n) is 6.76. The molecule has 0 unspecified atom stereocenters. The van der Waals surface area contributed by atoms with E-state index in [0.29, 0.717) is 0 Å². The Hall–Kier alpha value is -2.38. The van der Waals surface area contributed by atoms with Crippen LogP contribution < -0.4 is 10.5 Å². The Morgan fingerprint density at radius 3 is 2.45 bits per heavy atom. The van der Waals surface area contributed by atoms with Crippen LogP contribution in [0.25, 0.3) is 0 Å². The van der Waals surface area contributed by atoms with Gasteiger partial charge in [-0.3, -0.25) is 14.6 Å². The maximum absolute atomic E-state index is 12.1. The average molecular weight is 304 g/mol. The van der Waals surface area contributed by atoms with Crippen molar-refractivity contribution in [3.63, 3.8) is 0 Å². The van der Waals surface area contributed by atoms with Crippen LogP contribution in [0.2, 0.25) is 0 Å². The summed E-state index contributed by atoms with van der Waals surface area (Å²) in [5.41, 5.74) is 0.163. The van der Waals surface area contributed by atoms with Crippen molar-refractivity contribution in [1.82, 2.24) is 4.98 Å². The number of ether oxygens (including phenoxy) is 2. The molecule has 0 aliphatic rings. The standard InChI is InChI=1S/C14H17BN2O5/c1-4-21-11(19)8-10(18)17(3)9-6-7-16-13(15)12(9)14(20)22-5-2/h6-7H,4-5,8H2,1-3H3. The van der Waals surface area contributed by atoms with Gasteiger partial charge in [-0.2, -0.15) is 0 Å². The van der Waals surface area contributed by atoms with Crippen molar-refractivity contribution in [2.24, 2.45) is 0 Å². The smallest absolute Gasteiger partial charge is 0.341 e. The fourth-order valence-electron chi connectivity index (χ4n) is 1.75. The van der Waals surface area contributed by atoms with Gasteiger partial charge in [0.05, 0.1) is 24.5 Å². The quantitative estimate of drug-likeness (QED) is 0.417. The number of esters is 2. The van der Waals surface area contributed by atoms with Gasteiger partial charge in [0.25, 0.3) is 0 Å². The second kappa shape index (κ2) is 8.16. The zero-order valence-corrected chi connectivity index (χ0v) is 12.8. The molecule has 1 rings (SSSR count). The molecule has 1 aromatic heterocycles. The third kappa shape index (κ3) is 4.31. The number of amides is 1. The van der Waals surface area contributed by atoms with Crippen LogP contribution in [0.4, 0.5) is 5.69 Å². The van der Waals surface area contributed by atoms with E-state index in [4.69, 9.17) is 17.3 Å². The van der Waals surface area contributed by atoms with Crippen LogP contribution >= 0.6 is 0 Å². The summed E-state index contributed by atoms with van der Waals surface area (Å²) < 4.78 is 9.63. The minimum absolute atomic E-state index is 0.0101. The van der Waals surface area contributed by atoms with Gasteiger partial charge in [-0.05, 0) is 19.9 Å². The molecule has 7 nitrogen and oxygen atoms in total. The first-order valence-corrected chi connectivity index (χ1v) is 6.76. The summed E-state index contributed by atoms with van der Waals surface area (Å²) in [7, 11) is 7.13. The van der Waals surface area contributed by atoms with Gasteiger partial charge in [0, 0.05) is 18.8 Å². The normalized spacial score (nSPS) is 9.95. The second-order valence-corrected chi connectivity index (χ2v) is 4.25. The van der Waals surface area contributed by atoms with Gasteiger partial charge in [0.15, 0.2) is 0 Å². The molecule has 22 heavy (non-hydrogen) atoms. The van der Waals surface area contributed by atoms with E-state index in [0.717, 1.165) is 4.90 Å². The molecule has 0 saturated heterocycles. The molecule has 2 radical (unpaired) electrons. The Kier molecular flexibility index (Phi) is 6.56. The molecule has 1 heterocycles. The molecule has 116 valence electrons. The molecule has 0 saturated carbocycles. The van der Waals surface area contributed by atoms with E-state index in [9.17, 15) is 14.4 Å². The largest absolute Gasteiger partial charge is 0.466 e. The third-order valence-electron chi connectivity index (χ3n) is 2.77. The molecule has 8 heteroatoms. The van der Waals surface area contributed by atoms with Crippen LogP contribution in [0.3, 0.4) is 0 Å². The van der Waals surface area contributed by atoms with Gasteiger partial charge in [-0.25, -0.2) is 4.79 Å². The lowest BCUT2D eigenvalue weighted by atomic mass is 9.95. The fraction of sp³-hybridized carbons (Fsp3) is 0.429. The van der Waals surface area contributed by atoms with E-state index in [1.165, 1.54) is 19.3 Å². The Morgan fingerprint density at radius 2 is 1.86 bits per heavy atom. The van der Waals surface area contributed by atoms with Crippen molar-refractivity contribution in [2.75, 3.05) is 25.2 Å². The van der Waals surface area contributed by atoms with Crippen molar-refractivity contribution in [2.45, 2.75) is 20.3 Å². The number of rotatable bonds is 6. The third-order valence-corrected chi connectivity index (χ3v) is 2.77. The highest BCUT2D eigenvalue weighted by atomic mass is 16.5. The molecule has 0 aliphatic carbocycles. The lowest BCUT2D eigenvalue weighted by Gasteiger charge is -2.20. The van der Waals surface area contributed by atoms with Gasteiger partial charge < -0.3 is 14.4 Å². The predicted molar refractivity (Wildman–Crippen MR) is 80.2 cm³/mol. The van der Waals surface area contributed by atoms with Crippen molar-refractivity contribution in [3.8, 4) is 0 Å². The predicted octanol–water partition coefficient (Wildman–Crippen LogP) is -0.0319. The van der Waals surface area contributed by atoms with Crippen molar-refractivity contribution in [1.29, 1.82) is 0 Å².